The molecule has 0 saturated carbocycles. The van der Waals surface area contributed by atoms with Crippen molar-refractivity contribution in [3.05, 3.63) is 83.7 Å². The van der Waals surface area contributed by atoms with E-state index in [-0.39, 0.29) is 0 Å². The van der Waals surface area contributed by atoms with E-state index >= 15 is 0 Å². The highest BCUT2D eigenvalue weighted by Gasteiger charge is 2.10. The Balaban J connectivity index is 1.65. The van der Waals surface area contributed by atoms with E-state index in [9.17, 15) is 0 Å². The van der Waals surface area contributed by atoms with E-state index in [1.807, 2.05) is 43.3 Å². The minimum Gasteiger partial charge on any atom is -0.493 e. The van der Waals surface area contributed by atoms with Gasteiger partial charge in [-0.15, -0.1) is 0 Å². The van der Waals surface area contributed by atoms with Crippen molar-refractivity contribution < 1.29 is 9.47 Å². The molecule has 0 radical (unpaired) electrons. The van der Waals surface area contributed by atoms with Gasteiger partial charge in [0.05, 0.1) is 30.9 Å². The predicted molar refractivity (Wildman–Crippen MR) is 117 cm³/mol. The fourth-order valence-electron chi connectivity index (χ4n) is 3.44. The molecule has 1 aromatic heterocycles. The second kappa shape index (κ2) is 8.19. The molecular formula is C24H23N3O2. The molecule has 1 heterocycles. The molecular weight excluding hydrogens is 362 g/mol. The van der Waals surface area contributed by atoms with Gasteiger partial charge < -0.3 is 14.0 Å². The second-order valence-electron chi connectivity index (χ2n) is 6.74. The lowest BCUT2D eigenvalue weighted by Gasteiger charge is -2.09. The summed E-state index contributed by atoms with van der Waals surface area (Å²) in [4.78, 5) is 9.35. The van der Waals surface area contributed by atoms with Crippen molar-refractivity contribution in [1.29, 1.82) is 0 Å². The molecule has 3 aromatic carbocycles. The summed E-state index contributed by atoms with van der Waals surface area (Å²) in [6, 6.07) is 22.2. The van der Waals surface area contributed by atoms with E-state index in [1.54, 1.807) is 20.4 Å². The van der Waals surface area contributed by atoms with Crippen molar-refractivity contribution in [2.75, 3.05) is 14.2 Å². The fraction of sp³-hybridized carbons (Fsp3) is 0.167. The normalized spacial score (nSPS) is 11.3. The Morgan fingerprint density at radius 3 is 2.55 bits per heavy atom. The number of fused-ring (bicyclic) bond motifs is 1. The molecule has 0 atom stereocenters. The first-order valence-electron chi connectivity index (χ1n) is 9.45. The standard InChI is InChI=1S/C24H23N3O2/c1-17-26-21-14-20(25-15-19-10-7-11-23(28-2)24(19)29-3)12-13-22(21)27(17)16-18-8-5-4-6-9-18/h4-15H,16H2,1-3H3. The van der Waals surface area contributed by atoms with Crippen LogP contribution >= 0.6 is 0 Å². The van der Waals surface area contributed by atoms with Gasteiger partial charge in [0, 0.05) is 18.3 Å². The molecule has 4 rings (SSSR count). The van der Waals surface area contributed by atoms with Crippen molar-refractivity contribution in [2.24, 2.45) is 4.99 Å². The number of benzene rings is 3. The summed E-state index contributed by atoms with van der Waals surface area (Å²) in [6.07, 6.45) is 1.79. The Bertz CT molecular complexity index is 1160. The average Bonchev–Trinajstić information content (AvgIpc) is 3.06. The molecule has 0 saturated heterocycles. The maximum Gasteiger partial charge on any atom is 0.169 e. The van der Waals surface area contributed by atoms with Gasteiger partial charge in [0.25, 0.3) is 0 Å². The summed E-state index contributed by atoms with van der Waals surface area (Å²) in [5.74, 6) is 2.34. The van der Waals surface area contributed by atoms with Gasteiger partial charge in [0.2, 0.25) is 0 Å². The highest BCUT2D eigenvalue weighted by Crippen LogP contribution is 2.30. The first-order chi connectivity index (χ1) is 14.2. The number of rotatable bonds is 6. The first kappa shape index (κ1) is 18.7. The molecule has 0 spiro atoms. The molecule has 0 aliphatic carbocycles. The summed E-state index contributed by atoms with van der Waals surface area (Å²) in [5.41, 5.74) is 4.99. The number of ether oxygens (including phenoxy) is 2. The Morgan fingerprint density at radius 1 is 0.966 bits per heavy atom. The summed E-state index contributed by atoms with van der Waals surface area (Å²) in [5, 5.41) is 0. The van der Waals surface area contributed by atoms with Gasteiger partial charge in [-0.2, -0.15) is 0 Å². The quantitative estimate of drug-likeness (QED) is 0.431. The number of hydrogen-bond donors (Lipinski definition) is 0. The maximum absolute atomic E-state index is 5.47. The van der Waals surface area contributed by atoms with Crippen molar-refractivity contribution in [2.45, 2.75) is 13.5 Å². The largest absolute Gasteiger partial charge is 0.493 e. The molecule has 4 aromatic rings. The van der Waals surface area contributed by atoms with E-state index in [4.69, 9.17) is 14.5 Å². The lowest BCUT2D eigenvalue weighted by Crippen LogP contribution is -2.01. The molecule has 0 N–H and O–H groups in total. The lowest BCUT2D eigenvalue weighted by molar-refractivity contribution is 0.354. The van der Waals surface area contributed by atoms with Crippen LogP contribution in [0.2, 0.25) is 0 Å². The third kappa shape index (κ3) is 3.85. The monoisotopic (exact) mass is 385 g/mol. The summed E-state index contributed by atoms with van der Waals surface area (Å²) in [7, 11) is 3.25. The van der Waals surface area contributed by atoms with Crippen LogP contribution in [-0.2, 0) is 6.54 Å². The van der Waals surface area contributed by atoms with Gasteiger partial charge in [0.15, 0.2) is 11.5 Å². The first-order valence-corrected chi connectivity index (χ1v) is 9.45. The highest BCUT2D eigenvalue weighted by molar-refractivity contribution is 5.88. The summed E-state index contributed by atoms with van der Waals surface area (Å²) < 4.78 is 13.0. The van der Waals surface area contributed by atoms with Crippen LogP contribution in [0.15, 0.2) is 71.7 Å². The Labute approximate surface area is 170 Å². The molecule has 0 unspecified atom stereocenters. The Morgan fingerprint density at radius 2 is 1.79 bits per heavy atom. The average molecular weight is 385 g/mol. The predicted octanol–water partition coefficient (Wildman–Crippen LogP) is 5.16. The van der Waals surface area contributed by atoms with E-state index in [0.29, 0.717) is 11.5 Å². The van der Waals surface area contributed by atoms with Crippen LogP contribution in [0.25, 0.3) is 11.0 Å². The van der Waals surface area contributed by atoms with Crippen LogP contribution in [0.3, 0.4) is 0 Å². The second-order valence-corrected chi connectivity index (χ2v) is 6.74. The topological polar surface area (TPSA) is 48.6 Å². The third-order valence-electron chi connectivity index (χ3n) is 4.89. The maximum atomic E-state index is 5.47. The zero-order chi connectivity index (χ0) is 20.2. The zero-order valence-corrected chi connectivity index (χ0v) is 16.8. The highest BCUT2D eigenvalue weighted by atomic mass is 16.5. The van der Waals surface area contributed by atoms with Crippen molar-refractivity contribution >= 4 is 22.9 Å². The Hall–Kier alpha value is -3.60. The molecule has 29 heavy (non-hydrogen) atoms. The van der Waals surface area contributed by atoms with Crippen LogP contribution in [0.5, 0.6) is 11.5 Å². The van der Waals surface area contributed by atoms with E-state index in [0.717, 1.165) is 34.7 Å². The molecule has 0 fully saturated rings. The fourth-order valence-corrected chi connectivity index (χ4v) is 3.44. The van der Waals surface area contributed by atoms with Gasteiger partial charge in [-0.25, -0.2) is 4.98 Å². The molecule has 0 bridgehead atoms. The van der Waals surface area contributed by atoms with Gasteiger partial charge in [-0.3, -0.25) is 4.99 Å². The van der Waals surface area contributed by atoms with Crippen molar-refractivity contribution in [1.82, 2.24) is 9.55 Å². The van der Waals surface area contributed by atoms with Crippen LogP contribution in [0.1, 0.15) is 17.0 Å². The zero-order valence-electron chi connectivity index (χ0n) is 16.8. The summed E-state index contributed by atoms with van der Waals surface area (Å²) in [6.45, 7) is 2.83. The smallest absolute Gasteiger partial charge is 0.169 e. The number of nitrogens with zero attached hydrogens (tertiary/aromatic N) is 3. The molecule has 0 aliphatic rings. The molecule has 146 valence electrons. The number of imidazole rings is 1. The lowest BCUT2D eigenvalue weighted by atomic mass is 10.2. The molecule has 0 aliphatic heterocycles. The molecule has 5 heteroatoms. The summed E-state index contributed by atoms with van der Waals surface area (Å²) >= 11 is 0. The number of aliphatic imine (C=N–C) groups is 1. The van der Waals surface area contributed by atoms with Gasteiger partial charge >= 0.3 is 0 Å². The van der Waals surface area contributed by atoms with E-state index in [1.165, 1.54) is 5.56 Å². The van der Waals surface area contributed by atoms with Crippen molar-refractivity contribution in [3.8, 4) is 11.5 Å². The van der Waals surface area contributed by atoms with Gasteiger partial charge in [-0.05, 0) is 42.8 Å². The van der Waals surface area contributed by atoms with Crippen LogP contribution < -0.4 is 9.47 Å². The number of hydrogen-bond acceptors (Lipinski definition) is 4. The van der Waals surface area contributed by atoms with E-state index in [2.05, 4.69) is 39.9 Å². The number of methoxy groups -OCH3 is 2. The minimum atomic E-state index is 0.669. The molecule has 0 amide bonds. The number of aryl methyl sites for hydroxylation is 1. The van der Waals surface area contributed by atoms with Crippen LogP contribution in [0.4, 0.5) is 5.69 Å². The van der Waals surface area contributed by atoms with E-state index < -0.39 is 0 Å². The van der Waals surface area contributed by atoms with Gasteiger partial charge in [-0.1, -0.05) is 36.4 Å². The number of aromatic nitrogens is 2. The minimum absolute atomic E-state index is 0.669. The third-order valence-corrected chi connectivity index (χ3v) is 4.89. The van der Waals surface area contributed by atoms with Crippen LogP contribution in [0, 0.1) is 6.92 Å². The van der Waals surface area contributed by atoms with Crippen LogP contribution in [-0.4, -0.2) is 30.0 Å². The number of para-hydroxylation sites is 1. The van der Waals surface area contributed by atoms with Gasteiger partial charge in [0.1, 0.15) is 5.82 Å². The SMILES string of the molecule is COc1cccc(C=Nc2ccc3c(c2)nc(C)n3Cc2ccccc2)c1OC. The molecule has 5 nitrogen and oxygen atoms in total. The van der Waals surface area contributed by atoms with Crippen molar-refractivity contribution in [3.63, 3.8) is 0 Å². The Kier molecular flexibility index (Phi) is 5.29.